The lowest BCUT2D eigenvalue weighted by Crippen LogP contribution is -2.37. The lowest BCUT2D eigenvalue weighted by molar-refractivity contribution is 0.302. The minimum Gasteiger partial charge on any atom is -0.268 e. The summed E-state index contributed by atoms with van der Waals surface area (Å²) < 4.78 is 0. The van der Waals surface area contributed by atoms with Crippen molar-refractivity contribution in [2.24, 2.45) is 11.8 Å². The molecule has 0 aromatic rings. The molecule has 0 spiro atoms. The number of nitrogens with zero attached hydrogens (tertiary/aromatic N) is 1. The molecule has 1 unspecified atom stereocenters. The van der Waals surface area contributed by atoms with E-state index in [9.17, 15) is 0 Å². The average molecular weight is 226 g/mol. The van der Waals surface area contributed by atoms with Crippen LogP contribution < -0.4 is 5.84 Å². The Kier molecular flexibility index (Phi) is 4.90. The molecule has 1 aliphatic heterocycles. The Labute approximate surface area is 97.6 Å². The van der Waals surface area contributed by atoms with E-state index < -0.39 is 0 Å². The van der Waals surface area contributed by atoms with Crippen molar-refractivity contribution < 1.29 is 0 Å². The molecular weight excluding hydrogens is 204 g/mol. The normalized spacial score (nSPS) is 20.9. The van der Waals surface area contributed by atoms with E-state index in [1.54, 1.807) is 0 Å². The molecule has 2 nitrogen and oxygen atoms in total. The number of thioether (sulfide) groups is 1. The number of hydrazine groups is 1. The van der Waals surface area contributed by atoms with Crippen molar-refractivity contribution in [3.8, 4) is 0 Å². The molecule has 0 amide bonds. The van der Waals surface area contributed by atoms with Gasteiger partial charge in [-0.1, -0.05) is 25.5 Å². The fourth-order valence-corrected chi connectivity index (χ4v) is 2.85. The quantitative estimate of drug-likeness (QED) is 0.590. The Bertz CT molecular complexity index is 258. The number of rotatable bonds is 4. The van der Waals surface area contributed by atoms with E-state index in [1.807, 2.05) is 22.8 Å². The van der Waals surface area contributed by atoms with Crippen molar-refractivity contribution in [1.82, 2.24) is 5.01 Å². The molecule has 0 aromatic carbocycles. The second-order valence-electron chi connectivity index (χ2n) is 4.49. The topological polar surface area (TPSA) is 29.3 Å². The summed E-state index contributed by atoms with van der Waals surface area (Å²) >= 11 is 1.93. The van der Waals surface area contributed by atoms with E-state index in [0.29, 0.717) is 11.2 Å². The maximum absolute atomic E-state index is 5.84. The molecule has 0 fully saturated rings. The number of hydrogen-bond acceptors (Lipinski definition) is 3. The minimum absolute atomic E-state index is 0.501. The third-order valence-electron chi connectivity index (χ3n) is 2.76. The van der Waals surface area contributed by atoms with Crippen molar-refractivity contribution in [3.63, 3.8) is 0 Å². The standard InChI is InChI=1S/C12H22N2S/c1-5-11(9(2)3)15-12-8-14(13)7-6-10(12)4/h5,9,11H,1,6-8,13H2,2-4H3. The van der Waals surface area contributed by atoms with Crippen LogP contribution in [0.5, 0.6) is 0 Å². The monoisotopic (exact) mass is 226 g/mol. The van der Waals surface area contributed by atoms with Crippen LogP contribution in [0.2, 0.25) is 0 Å². The van der Waals surface area contributed by atoms with Crippen molar-refractivity contribution in [3.05, 3.63) is 23.1 Å². The van der Waals surface area contributed by atoms with Gasteiger partial charge in [0.05, 0.1) is 0 Å². The Morgan fingerprint density at radius 2 is 2.20 bits per heavy atom. The Morgan fingerprint density at radius 3 is 2.73 bits per heavy atom. The fraction of sp³-hybridized carbons (Fsp3) is 0.667. The summed E-state index contributed by atoms with van der Waals surface area (Å²) in [6.07, 6.45) is 3.14. The van der Waals surface area contributed by atoms with Crippen LogP contribution in [-0.2, 0) is 0 Å². The zero-order valence-corrected chi connectivity index (χ0v) is 10.8. The summed E-state index contributed by atoms with van der Waals surface area (Å²) in [7, 11) is 0. The first kappa shape index (κ1) is 12.8. The average Bonchev–Trinajstić information content (AvgIpc) is 2.18. The van der Waals surface area contributed by atoms with Crippen molar-refractivity contribution in [2.45, 2.75) is 32.4 Å². The zero-order chi connectivity index (χ0) is 11.4. The van der Waals surface area contributed by atoms with Crippen LogP contribution in [0.1, 0.15) is 27.2 Å². The van der Waals surface area contributed by atoms with Crippen LogP contribution in [0.15, 0.2) is 23.1 Å². The molecule has 1 heterocycles. The molecule has 3 heteroatoms. The van der Waals surface area contributed by atoms with Crippen molar-refractivity contribution >= 4 is 11.8 Å². The minimum atomic E-state index is 0.501. The predicted molar refractivity (Wildman–Crippen MR) is 69.5 cm³/mol. The van der Waals surface area contributed by atoms with Crippen molar-refractivity contribution in [2.75, 3.05) is 13.1 Å². The van der Waals surface area contributed by atoms with E-state index in [4.69, 9.17) is 5.84 Å². The van der Waals surface area contributed by atoms with E-state index in [0.717, 1.165) is 19.5 Å². The van der Waals surface area contributed by atoms with Crippen LogP contribution in [0.25, 0.3) is 0 Å². The zero-order valence-electron chi connectivity index (χ0n) is 9.99. The molecule has 0 bridgehead atoms. The van der Waals surface area contributed by atoms with Gasteiger partial charge in [-0.15, -0.1) is 18.3 Å². The van der Waals surface area contributed by atoms with E-state index in [-0.39, 0.29) is 0 Å². The summed E-state index contributed by atoms with van der Waals surface area (Å²) in [5.74, 6) is 6.47. The maximum Gasteiger partial charge on any atom is 0.0438 e. The van der Waals surface area contributed by atoms with Gasteiger partial charge in [-0.3, -0.25) is 5.84 Å². The van der Waals surface area contributed by atoms with Crippen LogP contribution in [0, 0.1) is 5.92 Å². The number of hydrogen-bond donors (Lipinski definition) is 1. The van der Waals surface area contributed by atoms with Gasteiger partial charge in [0.1, 0.15) is 0 Å². The Morgan fingerprint density at radius 1 is 1.53 bits per heavy atom. The fourth-order valence-electron chi connectivity index (χ4n) is 1.61. The first-order chi connectivity index (χ1) is 7.04. The third kappa shape index (κ3) is 3.67. The van der Waals surface area contributed by atoms with Gasteiger partial charge in [0.2, 0.25) is 0 Å². The Hall–Kier alpha value is -0.250. The van der Waals surface area contributed by atoms with Gasteiger partial charge in [-0.2, -0.15) is 0 Å². The molecule has 0 aliphatic carbocycles. The molecular formula is C12H22N2S. The third-order valence-corrected chi connectivity index (χ3v) is 4.54. The van der Waals surface area contributed by atoms with Gasteiger partial charge < -0.3 is 0 Å². The molecule has 0 aromatic heterocycles. The smallest absolute Gasteiger partial charge is 0.0438 e. The molecule has 1 aliphatic rings. The largest absolute Gasteiger partial charge is 0.268 e. The summed E-state index contributed by atoms with van der Waals surface area (Å²) in [5, 5.41) is 2.40. The van der Waals surface area contributed by atoms with E-state index >= 15 is 0 Å². The Balaban J connectivity index is 2.66. The molecule has 2 N–H and O–H groups in total. The highest BCUT2D eigenvalue weighted by Gasteiger charge is 2.18. The highest BCUT2D eigenvalue weighted by molar-refractivity contribution is 8.03. The molecule has 0 radical (unpaired) electrons. The lowest BCUT2D eigenvalue weighted by atomic mass is 10.1. The van der Waals surface area contributed by atoms with Gasteiger partial charge in [-0.05, 0) is 24.2 Å². The summed E-state index contributed by atoms with van der Waals surface area (Å²) in [6.45, 7) is 12.5. The first-order valence-electron chi connectivity index (χ1n) is 5.52. The summed E-state index contributed by atoms with van der Waals surface area (Å²) in [5.41, 5.74) is 1.49. The van der Waals surface area contributed by atoms with Crippen LogP contribution in [-0.4, -0.2) is 23.3 Å². The van der Waals surface area contributed by atoms with Gasteiger partial charge >= 0.3 is 0 Å². The summed E-state index contributed by atoms with van der Waals surface area (Å²) in [4.78, 5) is 1.43. The highest BCUT2D eigenvalue weighted by atomic mass is 32.2. The van der Waals surface area contributed by atoms with Gasteiger partial charge in [0.15, 0.2) is 0 Å². The molecule has 86 valence electrons. The molecule has 1 atom stereocenters. The van der Waals surface area contributed by atoms with Gasteiger partial charge in [0, 0.05) is 18.3 Å². The predicted octanol–water partition coefficient (Wildman–Crippen LogP) is 2.78. The second-order valence-corrected chi connectivity index (χ2v) is 5.76. The van der Waals surface area contributed by atoms with E-state index in [2.05, 4.69) is 27.4 Å². The highest BCUT2D eigenvalue weighted by Crippen LogP contribution is 2.32. The molecule has 1 rings (SSSR count). The van der Waals surface area contributed by atoms with Gasteiger partial charge in [0.25, 0.3) is 0 Å². The molecule has 0 saturated heterocycles. The van der Waals surface area contributed by atoms with Crippen LogP contribution in [0.4, 0.5) is 0 Å². The maximum atomic E-state index is 5.84. The molecule has 0 saturated carbocycles. The second kappa shape index (κ2) is 5.73. The molecule has 15 heavy (non-hydrogen) atoms. The number of nitrogens with two attached hydrogens (primary N) is 1. The van der Waals surface area contributed by atoms with Crippen molar-refractivity contribution in [1.29, 1.82) is 0 Å². The lowest BCUT2D eigenvalue weighted by Gasteiger charge is -2.28. The van der Waals surface area contributed by atoms with Crippen LogP contribution in [0.3, 0.4) is 0 Å². The van der Waals surface area contributed by atoms with Gasteiger partial charge in [-0.25, -0.2) is 5.01 Å². The van der Waals surface area contributed by atoms with Crippen LogP contribution >= 0.6 is 11.8 Å². The van der Waals surface area contributed by atoms with E-state index in [1.165, 1.54) is 10.5 Å². The SMILES string of the molecule is C=CC(SC1=C(C)CCN(N)C1)C(C)C. The first-order valence-corrected chi connectivity index (χ1v) is 6.40. The summed E-state index contributed by atoms with van der Waals surface area (Å²) in [6, 6.07) is 0.